The van der Waals surface area contributed by atoms with Crippen molar-refractivity contribution < 1.29 is 4.79 Å². The molecule has 0 aliphatic carbocycles. The van der Waals surface area contributed by atoms with Crippen molar-refractivity contribution in [3.63, 3.8) is 0 Å². The van der Waals surface area contributed by atoms with Crippen LogP contribution in [0.4, 0.5) is 5.69 Å². The lowest BCUT2D eigenvalue weighted by molar-refractivity contribution is -0.117. The number of rotatable bonds is 4. The van der Waals surface area contributed by atoms with Crippen LogP contribution < -0.4 is 11.1 Å². The van der Waals surface area contributed by atoms with E-state index in [0.717, 1.165) is 30.8 Å². The summed E-state index contributed by atoms with van der Waals surface area (Å²) in [7, 11) is 0. The van der Waals surface area contributed by atoms with Gasteiger partial charge in [-0.15, -0.1) is 0 Å². The molecule has 1 aliphatic rings. The fraction of sp³-hybridized carbons (Fsp3) is 0.500. The normalized spacial score (nSPS) is 19.6. The second-order valence-corrected chi connectivity index (χ2v) is 5.54. The van der Waals surface area contributed by atoms with Gasteiger partial charge in [-0.05, 0) is 50.0 Å². The average Bonchev–Trinajstić information content (AvgIpc) is 2.81. The summed E-state index contributed by atoms with van der Waals surface area (Å²) >= 11 is 6.03. The summed E-state index contributed by atoms with van der Waals surface area (Å²) in [6, 6.07) is 5.55. The number of nitrogens with two attached hydrogens (primary N) is 1. The SMILES string of the molecule is Cc1ccc(NC(=O)CN2CCC(CN)C2)cc1Cl. The maximum Gasteiger partial charge on any atom is 0.238 e. The number of aryl methyl sites for hydroxylation is 1. The van der Waals surface area contributed by atoms with Gasteiger partial charge in [-0.1, -0.05) is 17.7 Å². The van der Waals surface area contributed by atoms with E-state index in [4.69, 9.17) is 17.3 Å². The van der Waals surface area contributed by atoms with Gasteiger partial charge < -0.3 is 11.1 Å². The summed E-state index contributed by atoms with van der Waals surface area (Å²) in [6.07, 6.45) is 1.08. The first-order valence-electron chi connectivity index (χ1n) is 6.57. The molecule has 1 amide bonds. The molecule has 2 rings (SSSR count). The first-order chi connectivity index (χ1) is 9.08. The zero-order valence-electron chi connectivity index (χ0n) is 11.2. The van der Waals surface area contributed by atoms with Gasteiger partial charge in [0.15, 0.2) is 0 Å². The lowest BCUT2D eigenvalue weighted by Gasteiger charge is -2.15. The van der Waals surface area contributed by atoms with E-state index in [1.165, 1.54) is 0 Å². The Balaban J connectivity index is 1.86. The Kier molecular flexibility index (Phi) is 4.80. The van der Waals surface area contributed by atoms with Crippen molar-refractivity contribution in [3.8, 4) is 0 Å². The van der Waals surface area contributed by atoms with Crippen LogP contribution >= 0.6 is 11.6 Å². The molecule has 0 spiro atoms. The van der Waals surface area contributed by atoms with Crippen molar-refractivity contribution in [1.29, 1.82) is 0 Å². The van der Waals surface area contributed by atoms with Gasteiger partial charge in [0.25, 0.3) is 0 Å². The average molecular weight is 282 g/mol. The van der Waals surface area contributed by atoms with Gasteiger partial charge in [-0.3, -0.25) is 9.69 Å². The van der Waals surface area contributed by atoms with Gasteiger partial charge in [-0.2, -0.15) is 0 Å². The molecule has 104 valence electrons. The lowest BCUT2D eigenvalue weighted by Crippen LogP contribution is -2.32. The zero-order valence-corrected chi connectivity index (χ0v) is 11.9. The molecule has 4 nitrogen and oxygen atoms in total. The molecule has 19 heavy (non-hydrogen) atoms. The number of hydrogen-bond acceptors (Lipinski definition) is 3. The van der Waals surface area contributed by atoms with Gasteiger partial charge in [0.2, 0.25) is 5.91 Å². The third-order valence-electron chi connectivity index (χ3n) is 3.53. The summed E-state index contributed by atoms with van der Waals surface area (Å²) in [5.41, 5.74) is 7.39. The molecule has 1 saturated heterocycles. The second kappa shape index (κ2) is 6.37. The number of likely N-dealkylation sites (tertiary alicyclic amines) is 1. The molecule has 0 bridgehead atoms. The Morgan fingerprint density at radius 2 is 2.37 bits per heavy atom. The van der Waals surface area contributed by atoms with Crippen LogP contribution in [0.3, 0.4) is 0 Å². The van der Waals surface area contributed by atoms with Gasteiger partial charge in [0.1, 0.15) is 0 Å². The minimum absolute atomic E-state index is 0.00223. The number of anilines is 1. The van der Waals surface area contributed by atoms with Crippen LogP contribution in [0, 0.1) is 12.8 Å². The summed E-state index contributed by atoms with van der Waals surface area (Å²) in [4.78, 5) is 14.1. The topological polar surface area (TPSA) is 58.4 Å². The van der Waals surface area contributed by atoms with E-state index >= 15 is 0 Å². The number of benzene rings is 1. The summed E-state index contributed by atoms with van der Waals surface area (Å²) in [5.74, 6) is 0.527. The van der Waals surface area contributed by atoms with Crippen LogP contribution in [0.15, 0.2) is 18.2 Å². The number of amides is 1. The Bertz CT molecular complexity index is 464. The molecule has 1 atom stereocenters. The minimum atomic E-state index is -0.00223. The fourth-order valence-corrected chi connectivity index (χ4v) is 2.50. The lowest BCUT2D eigenvalue weighted by atomic mass is 10.1. The molecule has 0 radical (unpaired) electrons. The number of hydrogen-bond donors (Lipinski definition) is 2. The smallest absolute Gasteiger partial charge is 0.238 e. The number of nitrogens with one attached hydrogen (secondary N) is 1. The Labute approximate surface area is 118 Å². The molecular formula is C14H20ClN3O. The molecule has 1 aliphatic heterocycles. The van der Waals surface area contributed by atoms with E-state index in [-0.39, 0.29) is 5.91 Å². The first kappa shape index (κ1) is 14.3. The fourth-order valence-electron chi connectivity index (χ4n) is 2.32. The third-order valence-corrected chi connectivity index (χ3v) is 3.93. The van der Waals surface area contributed by atoms with Crippen LogP contribution in [0.2, 0.25) is 5.02 Å². The highest BCUT2D eigenvalue weighted by Crippen LogP contribution is 2.20. The third kappa shape index (κ3) is 3.93. The molecule has 1 unspecified atom stereocenters. The van der Waals surface area contributed by atoms with E-state index in [9.17, 15) is 4.79 Å². The summed E-state index contributed by atoms with van der Waals surface area (Å²) in [6.45, 7) is 4.92. The Morgan fingerprint density at radius 1 is 1.58 bits per heavy atom. The highest BCUT2D eigenvalue weighted by molar-refractivity contribution is 6.31. The van der Waals surface area contributed by atoms with Crippen molar-refractivity contribution in [2.75, 3.05) is 31.5 Å². The monoisotopic (exact) mass is 281 g/mol. The minimum Gasteiger partial charge on any atom is -0.330 e. The van der Waals surface area contributed by atoms with E-state index in [0.29, 0.717) is 24.0 Å². The van der Waals surface area contributed by atoms with Crippen LogP contribution in [-0.2, 0) is 4.79 Å². The van der Waals surface area contributed by atoms with E-state index in [2.05, 4.69) is 10.2 Å². The Morgan fingerprint density at radius 3 is 3.00 bits per heavy atom. The van der Waals surface area contributed by atoms with Gasteiger partial charge in [-0.25, -0.2) is 0 Å². The molecule has 1 aromatic carbocycles. The number of carbonyl (C=O) groups is 1. The maximum absolute atomic E-state index is 11.9. The molecule has 1 aromatic rings. The van der Waals surface area contributed by atoms with Crippen molar-refractivity contribution >= 4 is 23.2 Å². The van der Waals surface area contributed by atoms with Crippen LogP contribution in [-0.4, -0.2) is 37.0 Å². The Hall–Kier alpha value is -1.10. The molecule has 5 heteroatoms. The van der Waals surface area contributed by atoms with E-state index < -0.39 is 0 Å². The molecule has 1 fully saturated rings. The molecular weight excluding hydrogens is 262 g/mol. The van der Waals surface area contributed by atoms with Crippen LogP contribution in [0.1, 0.15) is 12.0 Å². The summed E-state index contributed by atoms with van der Waals surface area (Å²) in [5, 5.41) is 3.54. The largest absolute Gasteiger partial charge is 0.330 e. The van der Waals surface area contributed by atoms with Crippen LogP contribution in [0.5, 0.6) is 0 Å². The van der Waals surface area contributed by atoms with Gasteiger partial charge >= 0.3 is 0 Å². The van der Waals surface area contributed by atoms with Crippen molar-refractivity contribution in [2.24, 2.45) is 11.7 Å². The van der Waals surface area contributed by atoms with Crippen molar-refractivity contribution in [1.82, 2.24) is 4.90 Å². The molecule has 0 aromatic heterocycles. The van der Waals surface area contributed by atoms with Gasteiger partial charge in [0, 0.05) is 17.3 Å². The van der Waals surface area contributed by atoms with Crippen molar-refractivity contribution in [3.05, 3.63) is 28.8 Å². The standard InChI is InChI=1S/C14H20ClN3O/c1-10-2-3-12(6-13(10)15)17-14(19)9-18-5-4-11(7-16)8-18/h2-3,6,11H,4-5,7-9,16H2,1H3,(H,17,19). The number of halogens is 1. The maximum atomic E-state index is 11.9. The molecule has 1 heterocycles. The zero-order chi connectivity index (χ0) is 13.8. The number of nitrogens with zero attached hydrogens (tertiary/aromatic N) is 1. The molecule has 0 saturated carbocycles. The highest BCUT2D eigenvalue weighted by Gasteiger charge is 2.22. The summed E-state index contributed by atoms with van der Waals surface area (Å²) < 4.78 is 0. The van der Waals surface area contributed by atoms with Crippen LogP contribution in [0.25, 0.3) is 0 Å². The van der Waals surface area contributed by atoms with Gasteiger partial charge in [0.05, 0.1) is 6.54 Å². The predicted molar refractivity (Wildman–Crippen MR) is 78.4 cm³/mol. The number of carbonyl (C=O) groups excluding carboxylic acids is 1. The van der Waals surface area contributed by atoms with E-state index in [1.54, 1.807) is 6.07 Å². The molecule has 3 N–H and O–H groups in total. The quantitative estimate of drug-likeness (QED) is 0.886. The second-order valence-electron chi connectivity index (χ2n) is 5.14. The van der Waals surface area contributed by atoms with E-state index in [1.807, 2.05) is 19.1 Å². The van der Waals surface area contributed by atoms with Crippen molar-refractivity contribution in [2.45, 2.75) is 13.3 Å². The predicted octanol–water partition coefficient (Wildman–Crippen LogP) is 1.87. The highest BCUT2D eigenvalue weighted by atomic mass is 35.5. The first-order valence-corrected chi connectivity index (χ1v) is 6.94.